The lowest BCUT2D eigenvalue weighted by atomic mass is 9.53. The average Bonchev–Trinajstić information content (AvgIpc) is 2.73. The van der Waals surface area contributed by atoms with Gasteiger partial charge in [-0.3, -0.25) is 4.79 Å². The fraction of sp³-hybridized carbons (Fsp3) is 0.947. The molecule has 4 bridgehead atoms. The van der Waals surface area contributed by atoms with Crippen LogP contribution in [0.5, 0.6) is 0 Å². The second kappa shape index (κ2) is 5.81. The molecule has 0 aromatic rings. The topological polar surface area (TPSA) is 33.5 Å². The van der Waals surface area contributed by atoms with E-state index in [4.69, 9.17) is 0 Å². The van der Waals surface area contributed by atoms with Crippen LogP contribution >= 0.6 is 0 Å². The third-order valence-corrected chi connectivity index (χ3v) is 7.18. The largest absolute Gasteiger partial charge is 0.345 e. The molecule has 0 aromatic carbocycles. The number of nitrogens with one attached hydrogen (secondary N) is 2. The van der Waals surface area contributed by atoms with E-state index in [1.807, 2.05) is 0 Å². The van der Waals surface area contributed by atoms with Gasteiger partial charge in [-0.05, 0) is 88.9 Å². The van der Waals surface area contributed by atoms with Gasteiger partial charge in [0.15, 0.2) is 6.04 Å². The molecule has 1 aliphatic heterocycles. The molecule has 4 aliphatic carbocycles. The average molecular weight is 305 g/mol. The highest BCUT2D eigenvalue weighted by Gasteiger charge is 2.52. The maximum atomic E-state index is 12.9. The highest BCUT2D eigenvalue weighted by Crippen LogP contribution is 2.55. The summed E-state index contributed by atoms with van der Waals surface area (Å²) in [6, 6.07) is 0.145. The Labute approximate surface area is 135 Å². The summed E-state index contributed by atoms with van der Waals surface area (Å²) >= 11 is 0. The molecule has 3 heteroatoms. The van der Waals surface area contributed by atoms with Gasteiger partial charge in [-0.15, -0.1) is 0 Å². The van der Waals surface area contributed by atoms with Crippen LogP contribution in [-0.4, -0.2) is 30.6 Å². The number of amides is 1. The van der Waals surface area contributed by atoms with E-state index in [2.05, 4.69) is 12.2 Å². The fourth-order valence-corrected chi connectivity index (χ4v) is 6.43. The van der Waals surface area contributed by atoms with E-state index in [-0.39, 0.29) is 11.6 Å². The zero-order valence-corrected chi connectivity index (χ0v) is 14.2. The van der Waals surface area contributed by atoms with Gasteiger partial charge in [-0.1, -0.05) is 0 Å². The summed E-state index contributed by atoms with van der Waals surface area (Å²) in [7, 11) is 0. The van der Waals surface area contributed by atoms with Gasteiger partial charge in [0.25, 0.3) is 5.91 Å². The number of rotatable bonds is 3. The van der Waals surface area contributed by atoms with Gasteiger partial charge in [-0.2, -0.15) is 0 Å². The van der Waals surface area contributed by atoms with Gasteiger partial charge in [0, 0.05) is 5.54 Å². The molecule has 1 heterocycles. The molecule has 5 rings (SSSR count). The molecule has 1 amide bonds. The normalized spacial score (nSPS) is 42.9. The third-order valence-electron chi connectivity index (χ3n) is 7.18. The molecule has 22 heavy (non-hydrogen) atoms. The number of hydrogen-bond donors (Lipinski definition) is 2. The van der Waals surface area contributed by atoms with E-state index >= 15 is 0 Å². The lowest BCUT2D eigenvalue weighted by Gasteiger charge is -2.57. The molecule has 1 atom stereocenters. The molecule has 3 nitrogen and oxygen atoms in total. The maximum absolute atomic E-state index is 12.9. The van der Waals surface area contributed by atoms with Crippen molar-refractivity contribution in [2.45, 2.75) is 82.7 Å². The summed E-state index contributed by atoms with van der Waals surface area (Å²) in [5.41, 5.74) is 0.186. The van der Waals surface area contributed by atoms with Crippen LogP contribution in [0.25, 0.3) is 0 Å². The van der Waals surface area contributed by atoms with Crippen molar-refractivity contribution in [3.8, 4) is 0 Å². The Hall–Kier alpha value is -0.570. The second-order valence-corrected chi connectivity index (χ2v) is 8.98. The van der Waals surface area contributed by atoms with E-state index in [0.29, 0.717) is 5.91 Å². The van der Waals surface area contributed by atoms with E-state index in [1.165, 1.54) is 82.2 Å². The molecule has 2 N–H and O–H groups in total. The molecule has 124 valence electrons. The van der Waals surface area contributed by atoms with Crippen LogP contribution in [-0.2, 0) is 4.79 Å². The highest BCUT2D eigenvalue weighted by molar-refractivity contribution is 5.80. The summed E-state index contributed by atoms with van der Waals surface area (Å²) in [5.74, 6) is 3.08. The van der Waals surface area contributed by atoms with Gasteiger partial charge in [0.05, 0.1) is 13.1 Å². The van der Waals surface area contributed by atoms with Crippen LogP contribution < -0.4 is 10.2 Å². The predicted molar refractivity (Wildman–Crippen MR) is 87.7 cm³/mol. The lowest BCUT2D eigenvalue weighted by molar-refractivity contribution is -0.913. The second-order valence-electron chi connectivity index (χ2n) is 8.98. The quantitative estimate of drug-likeness (QED) is 0.820. The van der Waals surface area contributed by atoms with Crippen molar-refractivity contribution >= 4 is 5.91 Å². The molecule has 0 spiro atoms. The summed E-state index contributed by atoms with van der Waals surface area (Å²) in [6.07, 6.45) is 13.5. The SMILES string of the molecule is C[C@H](C(=O)NC12CC3CC(CC(C3)C1)C2)[NH+]1CCCCCC1. The Morgan fingerprint density at radius 1 is 0.955 bits per heavy atom. The van der Waals surface area contributed by atoms with E-state index in [1.54, 1.807) is 0 Å². The Kier molecular flexibility index (Phi) is 3.96. The van der Waals surface area contributed by atoms with E-state index in [9.17, 15) is 4.79 Å². The minimum absolute atomic E-state index is 0.145. The summed E-state index contributed by atoms with van der Waals surface area (Å²) in [6.45, 7) is 4.54. The smallest absolute Gasteiger partial charge is 0.278 e. The monoisotopic (exact) mass is 305 g/mol. The van der Waals surface area contributed by atoms with Crippen LogP contribution in [0.1, 0.15) is 71.1 Å². The maximum Gasteiger partial charge on any atom is 0.278 e. The fourth-order valence-electron chi connectivity index (χ4n) is 6.43. The van der Waals surface area contributed by atoms with Gasteiger partial charge in [0.1, 0.15) is 0 Å². The van der Waals surface area contributed by atoms with Crippen LogP contribution in [0.15, 0.2) is 0 Å². The molecule has 4 saturated carbocycles. The van der Waals surface area contributed by atoms with E-state index in [0.717, 1.165) is 17.8 Å². The number of likely N-dealkylation sites (tertiary alicyclic amines) is 1. The van der Waals surface area contributed by atoms with Crippen molar-refractivity contribution in [2.24, 2.45) is 17.8 Å². The summed E-state index contributed by atoms with van der Waals surface area (Å²) < 4.78 is 0. The van der Waals surface area contributed by atoms with Crippen LogP contribution in [0.3, 0.4) is 0 Å². The first-order valence-electron chi connectivity index (χ1n) is 9.80. The van der Waals surface area contributed by atoms with Crippen LogP contribution in [0.2, 0.25) is 0 Å². The zero-order valence-electron chi connectivity index (χ0n) is 14.2. The molecule has 5 aliphatic rings. The molecule has 0 aromatic heterocycles. The third kappa shape index (κ3) is 2.81. The first kappa shape index (κ1) is 15.0. The van der Waals surface area contributed by atoms with Crippen molar-refractivity contribution in [3.05, 3.63) is 0 Å². The van der Waals surface area contributed by atoms with Crippen LogP contribution in [0, 0.1) is 17.8 Å². The van der Waals surface area contributed by atoms with Crippen molar-refractivity contribution in [2.75, 3.05) is 13.1 Å². The predicted octanol–water partition coefficient (Wildman–Crippen LogP) is 1.92. The van der Waals surface area contributed by atoms with E-state index < -0.39 is 0 Å². The molecule has 1 saturated heterocycles. The minimum atomic E-state index is 0.145. The standard InChI is InChI=1S/C19H32N2O/c1-14(21-6-4-2-3-5-7-21)18(22)20-19-11-15-8-16(12-19)10-17(9-15)13-19/h14-17H,2-13H2,1H3,(H,20,22)/p+1/t14-,15?,16?,17?,19?/m1/s1. The summed E-state index contributed by atoms with van der Waals surface area (Å²) in [5, 5.41) is 3.58. The Morgan fingerprint density at radius 3 is 1.95 bits per heavy atom. The molecule has 0 radical (unpaired) electrons. The Bertz CT molecular complexity index is 390. The zero-order chi connectivity index (χ0) is 15.2. The van der Waals surface area contributed by atoms with Crippen molar-refractivity contribution in [3.63, 3.8) is 0 Å². The highest BCUT2D eigenvalue weighted by atomic mass is 16.2. The number of quaternary nitrogens is 1. The van der Waals surface area contributed by atoms with Gasteiger partial charge in [0.2, 0.25) is 0 Å². The first-order chi connectivity index (χ1) is 10.6. The number of hydrogen-bond acceptors (Lipinski definition) is 1. The number of carbonyl (C=O) groups excluding carboxylic acids is 1. The lowest BCUT2D eigenvalue weighted by Crippen LogP contribution is -3.16. The van der Waals surface area contributed by atoms with Crippen molar-refractivity contribution in [1.82, 2.24) is 5.32 Å². The summed E-state index contributed by atoms with van der Waals surface area (Å²) in [4.78, 5) is 14.4. The Morgan fingerprint density at radius 2 is 1.45 bits per heavy atom. The van der Waals surface area contributed by atoms with Crippen molar-refractivity contribution < 1.29 is 9.69 Å². The molecule has 0 unspecified atom stereocenters. The van der Waals surface area contributed by atoms with Gasteiger partial charge in [-0.25, -0.2) is 0 Å². The molecular formula is C19H33N2O+. The van der Waals surface area contributed by atoms with Crippen molar-refractivity contribution in [1.29, 1.82) is 0 Å². The minimum Gasteiger partial charge on any atom is -0.345 e. The number of carbonyl (C=O) groups is 1. The molecule has 5 fully saturated rings. The van der Waals surface area contributed by atoms with Crippen LogP contribution in [0.4, 0.5) is 0 Å². The first-order valence-corrected chi connectivity index (χ1v) is 9.80. The molecular weight excluding hydrogens is 272 g/mol. The van der Waals surface area contributed by atoms with Gasteiger partial charge >= 0.3 is 0 Å². The van der Waals surface area contributed by atoms with Gasteiger partial charge < -0.3 is 10.2 Å². The Balaban J connectivity index is 1.41.